The van der Waals surface area contributed by atoms with Gasteiger partial charge in [-0.15, -0.1) is 0 Å². The molecule has 0 aliphatic carbocycles. The van der Waals surface area contributed by atoms with Gasteiger partial charge in [0.2, 0.25) is 5.91 Å². The maximum absolute atomic E-state index is 11.6. The summed E-state index contributed by atoms with van der Waals surface area (Å²) < 4.78 is 5.31. The van der Waals surface area contributed by atoms with Crippen molar-refractivity contribution in [2.75, 3.05) is 33.6 Å². The second-order valence-corrected chi connectivity index (χ2v) is 3.71. The van der Waals surface area contributed by atoms with Gasteiger partial charge in [0, 0.05) is 26.7 Å². The number of ether oxygens (including phenoxy) is 1. The monoisotopic (exact) mass is 222 g/mol. The Labute approximate surface area is 96.2 Å². The van der Waals surface area contributed by atoms with Crippen molar-refractivity contribution in [2.45, 2.75) is 6.42 Å². The molecule has 0 aromatic heterocycles. The Morgan fingerprint density at radius 2 is 2.12 bits per heavy atom. The molecule has 0 saturated heterocycles. The van der Waals surface area contributed by atoms with Crippen molar-refractivity contribution in [2.24, 2.45) is 0 Å². The van der Waals surface area contributed by atoms with E-state index in [4.69, 9.17) is 4.74 Å². The quantitative estimate of drug-likeness (QED) is 0.836. The van der Waals surface area contributed by atoms with Crippen molar-refractivity contribution in [3.8, 4) is 5.75 Å². The smallest absolute Gasteiger partial charge is 0.226 e. The molecule has 16 heavy (non-hydrogen) atoms. The highest BCUT2D eigenvalue weighted by atomic mass is 16.5. The van der Waals surface area contributed by atoms with Gasteiger partial charge in [0.1, 0.15) is 5.75 Å². The van der Waals surface area contributed by atoms with Gasteiger partial charge in [0.05, 0.1) is 19.2 Å². The summed E-state index contributed by atoms with van der Waals surface area (Å²) in [5, 5.41) is 3.04. The van der Waals surface area contributed by atoms with E-state index < -0.39 is 0 Å². The van der Waals surface area contributed by atoms with Crippen LogP contribution in [0.2, 0.25) is 0 Å². The fourth-order valence-electron chi connectivity index (χ4n) is 1.48. The van der Waals surface area contributed by atoms with Gasteiger partial charge in [-0.05, 0) is 6.07 Å². The van der Waals surface area contributed by atoms with E-state index in [0.717, 1.165) is 17.0 Å². The van der Waals surface area contributed by atoms with E-state index in [1.165, 1.54) is 0 Å². The fourth-order valence-corrected chi connectivity index (χ4v) is 1.48. The van der Waals surface area contributed by atoms with Crippen molar-refractivity contribution >= 4 is 11.6 Å². The topological polar surface area (TPSA) is 41.6 Å². The summed E-state index contributed by atoms with van der Waals surface area (Å²) in [6.07, 6.45) is 0.353. The second kappa shape index (κ2) is 5.39. The first-order valence-corrected chi connectivity index (χ1v) is 5.14. The Kier molecular flexibility index (Phi) is 4.17. The summed E-state index contributed by atoms with van der Waals surface area (Å²) >= 11 is 0. The van der Waals surface area contributed by atoms with E-state index in [-0.39, 0.29) is 5.91 Å². The molecular formula is C12H18N2O2. The first-order valence-electron chi connectivity index (χ1n) is 5.14. The molecule has 0 saturated carbocycles. The molecule has 0 heterocycles. The lowest BCUT2D eigenvalue weighted by Crippen LogP contribution is -2.23. The van der Waals surface area contributed by atoms with Crippen molar-refractivity contribution in [3.05, 3.63) is 23.8 Å². The summed E-state index contributed by atoms with van der Waals surface area (Å²) in [6, 6.07) is 5.73. The number of benzene rings is 1. The van der Waals surface area contributed by atoms with E-state index in [0.29, 0.717) is 6.42 Å². The second-order valence-electron chi connectivity index (χ2n) is 3.71. The highest BCUT2D eigenvalue weighted by Crippen LogP contribution is 2.28. The molecule has 0 spiro atoms. The number of nitrogens with one attached hydrogen (secondary N) is 1. The Balaban J connectivity index is 2.99. The highest BCUT2D eigenvalue weighted by molar-refractivity contribution is 5.80. The maximum atomic E-state index is 11.6. The van der Waals surface area contributed by atoms with Gasteiger partial charge in [0.15, 0.2) is 0 Å². The molecule has 0 bridgehead atoms. The van der Waals surface area contributed by atoms with E-state index >= 15 is 0 Å². The fraction of sp³-hybridized carbons (Fsp3) is 0.417. The largest absolute Gasteiger partial charge is 0.494 e. The number of methoxy groups -OCH3 is 1. The molecule has 1 N–H and O–H groups in total. The van der Waals surface area contributed by atoms with Crippen molar-refractivity contribution in [1.82, 2.24) is 4.90 Å². The number of carbonyl (C=O) groups excluding carboxylic acids is 1. The molecule has 0 radical (unpaired) electrons. The number of carbonyl (C=O) groups is 1. The summed E-state index contributed by atoms with van der Waals surface area (Å²) in [7, 11) is 6.93. The molecule has 0 aliphatic heterocycles. The van der Waals surface area contributed by atoms with Crippen LogP contribution in [0.3, 0.4) is 0 Å². The Hall–Kier alpha value is -1.71. The van der Waals surface area contributed by atoms with Crippen molar-refractivity contribution in [1.29, 1.82) is 0 Å². The number of hydrogen-bond donors (Lipinski definition) is 1. The van der Waals surface area contributed by atoms with Gasteiger partial charge >= 0.3 is 0 Å². The minimum atomic E-state index is 0.0616. The normalized spacial score (nSPS) is 9.75. The average molecular weight is 222 g/mol. The molecule has 88 valence electrons. The van der Waals surface area contributed by atoms with E-state index in [9.17, 15) is 4.79 Å². The zero-order valence-electron chi connectivity index (χ0n) is 10.2. The Morgan fingerprint density at radius 1 is 1.44 bits per heavy atom. The number of amides is 1. The van der Waals surface area contributed by atoms with Gasteiger partial charge < -0.3 is 15.0 Å². The maximum Gasteiger partial charge on any atom is 0.226 e. The van der Waals surface area contributed by atoms with Gasteiger partial charge in [-0.1, -0.05) is 12.1 Å². The number of likely N-dealkylation sites (N-methyl/N-ethyl adjacent to an activating group) is 1. The molecule has 4 nitrogen and oxygen atoms in total. The number of hydrogen-bond acceptors (Lipinski definition) is 3. The Bertz CT molecular complexity index is 375. The summed E-state index contributed by atoms with van der Waals surface area (Å²) in [6.45, 7) is 0. The molecule has 0 fully saturated rings. The van der Waals surface area contributed by atoms with Gasteiger partial charge in [-0.3, -0.25) is 4.79 Å². The van der Waals surface area contributed by atoms with Gasteiger partial charge in [0.25, 0.3) is 0 Å². The van der Waals surface area contributed by atoms with Crippen LogP contribution in [0.25, 0.3) is 0 Å². The van der Waals surface area contributed by atoms with E-state index in [1.54, 1.807) is 26.1 Å². The average Bonchev–Trinajstić information content (AvgIpc) is 2.28. The van der Waals surface area contributed by atoms with Crippen LogP contribution in [0.1, 0.15) is 5.56 Å². The number of para-hydroxylation sites is 1. The minimum Gasteiger partial charge on any atom is -0.494 e. The number of rotatable bonds is 4. The molecule has 1 aromatic carbocycles. The molecule has 0 aliphatic rings. The lowest BCUT2D eigenvalue weighted by atomic mass is 10.1. The third kappa shape index (κ3) is 2.66. The zero-order valence-corrected chi connectivity index (χ0v) is 10.2. The predicted molar refractivity (Wildman–Crippen MR) is 64.9 cm³/mol. The molecule has 4 heteroatoms. The van der Waals surface area contributed by atoms with Crippen LogP contribution < -0.4 is 10.1 Å². The molecule has 1 aromatic rings. The lowest BCUT2D eigenvalue weighted by Gasteiger charge is -2.15. The minimum absolute atomic E-state index is 0.0616. The van der Waals surface area contributed by atoms with Crippen LogP contribution >= 0.6 is 0 Å². The lowest BCUT2D eigenvalue weighted by molar-refractivity contribution is -0.127. The highest BCUT2D eigenvalue weighted by Gasteiger charge is 2.12. The summed E-state index contributed by atoms with van der Waals surface area (Å²) in [5.74, 6) is 0.798. The number of anilines is 1. The van der Waals surface area contributed by atoms with Crippen LogP contribution in [0.15, 0.2) is 18.2 Å². The molecule has 1 rings (SSSR count). The van der Waals surface area contributed by atoms with Gasteiger partial charge in [-0.2, -0.15) is 0 Å². The number of nitrogens with zero attached hydrogens (tertiary/aromatic N) is 1. The predicted octanol–water partition coefficient (Wildman–Crippen LogP) is 1.37. The van der Waals surface area contributed by atoms with Crippen LogP contribution in [0, 0.1) is 0 Å². The first-order chi connectivity index (χ1) is 7.60. The Morgan fingerprint density at radius 3 is 2.62 bits per heavy atom. The molecule has 0 atom stereocenters. The SMILES string of the molecule is CNc1cccc(CC(=O)N(C)C)c1OC. The summed E-state index contributed by atoms with van der Waals surface area (Å²) in [4.78, 5) is 13.2. The standard InChI is InChI=1S/C12H18N2O2/c1-13-10-7-5-6-9(12(10)16-4)8-11(15)14(2)3/h5-7,13H,8H2,1-4H3. The van der Waals surface area contributed by atoms with Gasteiger partial charge in [-0.25, -0.2) is 0 Å². The zero-order chi connectivity index (χ0) is 12.1. The molecule has 0 unspecified atom stereocenters. The first kappa shape index (κ1) is 12.4. The van der Waals surface area contributed by atoms with Crippen LogP contribution in [-0.2, 0) is 11.2 Å². The van der Waals surface area contributed by atoms with Crippen LogP contribution in [0.5, 0.6) is 5.75 Å². The molecule has 1 amide bonds. The van der Waals surface area contributed by atoms with Crippen molar-refractivity contribution in [3.63, 3.8) is 0 Å². The van der Waals surface area contributed by atoms with Crippen LogP contribution in [0.4, 0.5) is 5.69 Å². The summed E-state index contributed by atoms with van der Waals surface area (Å²) in [5.41, 5.74) is 1.79. The van der Waals surface area contributed by atoms with Crippen molar-refractivity contribution < 1.29 is 9.53 Å². The van der Waals surface area contributed by atoms with E-state index in [1.807, 2.05) is 25.2 Å². The molecular weight excluding hydrogens is 204 g/mol. The third-order valence-corrected chi connectivity index (χ3v) is 2.41. The van der Waals surface area contributed by atoms with E-state index in [2.05, 4.69) is 5.32 Å². The van der Waals surface area contributed by atoms with Crippen LogP contribution in [-0.4, -0.2) is 39.1 Å². The third-order valence-electron chi connectivity index (χ3n) is 2.41.